The fourth-order valence-electron chi connectivity index (χ4n) is 2.92. The van der Waals surface area contributed by atoms with Gasteiger partial charge in [0.2, 0.25) is 10.0 Å². The van der Waals surface area contributed by atoms with E-state index in [2.05, 4.69) is 20.5 Å². The van der Waals surface area contributed by atoms with Gasteiger partial charge in [0.25, 0.3) is 0 Å². The second kappa shape index (κ2) is 11.4. The van der Waals surface area contributed by atoms with E-state index in [-0.39, 0.29) is 0 Å². The Morgan fingerprint density at radius 2 is 1.93 bits per heavy atom. The summed E-state index contributed by atoms with van der Waals surface area (Å²) in [6.45, 7) is 8.49. The monoisotopic (exact) mass is 411 g/mol. The number of morpholine rings is 1. The average Bonchev–Trinajstić information content (AvgIpc) is 2.70. The van der Waals surface area contributed by atoms with Crippen LogP contribution in [0.25, 0.3) is 0 Å². The minimum absolute atomic E-state index is 0.294. The van der Waals surface area contributed by atoms with Crippen LogP contribution in [0.2, 0.25) is 0 Å². The van der Waals surface area contributed by atoms with Gasteiger partial charge in [-0.3, -0.25) is 4.90 Å². The van der Waals surface area contributed by atoms with Crippen molar-refractivity contribution in [2.75, 3.05) is 60.0 Å². The van der Waals surface area contributed by atoms with E-state index in [1.165, 1.54) is 18.4 Å². The van der Waals surface area contributed by atoms with Crippen LogP contribution in [0.3, 0.4) is 0 Å². The zero-order valence-corrected chi connectivity index (χ0v) is 18.0. The highest BCUT2D eigenvalue weighted by molar-refractivity contribution is 7.89. The summed E-state index contributed by atoms with van der Waals surface area (Å²) in [4.78, 5) is 7.28. The van der Waals surface area contributed by atoms with Gasteiger partial charge in [0.05, 0.1) is 24.7 Å². The Morgan fingerprint density at radius 3 is 2.61 bits per heavy atom. The fourth-order valence-corrected chi connectivity index (χ4v) is 4.03. The molecule has 0 unspecified atom stereocenters. The van der Waals surface area contributed by atoms with Crippen molar-refractivity contribution in [2.45, 2.75) is 24.8 Å². The largest absolute Gasteiger partial charge is 0.379 e. The molecule has 1 saturated heterocycles. The van der Waals surface area contributed by atoms with Gasteiger partial charge in [-0.2, -0.15) is 0 Å². The number of nitrogens with one attached hydrogen (secondary N) is 2. The van der Waals surface area contributed by atoms with E-state index in [9.17, 15) is 8.42 Å². The summed E-state index contributed by atoms with van der Waals surface area (Å²) >= 11 is 0. The van der Waals surface area contributed by atoms with E-state index in [1.54, 1.807) is 12.1 Å². The molecule has 2 N–H and O–H groups in total. The number of rotatable bonds is 9. The highest BCUT2D eigenvalue weighted by Gasteiger charge is 2.20. The third-order valence-electron chi connectivity index (χ3n) is 4.53. The molecular weight excluding hydrogens is 378 g/mol. The molecule has 2 rings (SSSR count). The smallest absolute Gasteiger partial charge is 0.242 e. The molecular formula is C19H33N5O3S. The molecule has 1 aliphatic heterocycles. The van der Waals surface area contributed by atoms with Gasteiger partial charge in [-0.05, 0) is 31.5 Å². The fraction of sp³-hybridized carbons (Fsp3) is 0.632. The first-order valence-corrected chi connectivity index (χ1v) is 11.2. The first-order valence-electron chi connectivity index (χ1n) is 9.78. The Balaban J connectivity index is 1.95. The molecule has 1 fully saturated rings. The quantitative estimate of drug-likeness (QED) is 0.354. The maximum atomic E-state index is 12.5. The Kier molecular flexibility index (Phi) is 9.17. The normalized spacial score (nSPS) is 16.4. The van der Waals surface area contributed by atoms with Crippen molar-refractivity contribution in [1.82, 2.24) is 19.8 Å². The number of hydrogen-bond acceptors (Lipinski definition) is 5. The van der Waals surface area contributed by atoms with E-state index in [1.807, 2.05) is 19.1 Å². The van der Waals surface area contributed by atoms with Crippen LogP contribution >= 0.6 is 0 Å². The highest BCUT2D eigenvalue weighted by Crippen LogP contribution is 2.19. The molecule has 0 aromatic heterocycles. The molecule has 0 aliphatic carbocycles. The number of aliphatic imine (C=N–C) groups is 1. The summed E-state index contributed by atoms with van der Waals surface area (Å²) in [6, 6.07) is 7.01. The second-order valence-electron chi connectivity index (χ2n) is 6.82. The lowest BCUT2D eigenvalue weighted by molar-refractivity contribution is 0.0376. The summed E-state index contributed by atoms with van der Waals surface area (Å²) in [5.41, 5.74) is 0.682. The molecule has 1 aromatic carbocycles. The number of ether oxygens (including phenoxy) is 1. The molecule has 0 bridgehead atoms. The van der Waals surface area contributed by atoms with Crippen LogP contribution in [0.15, 0.2) is 34.2 Å². The zero-order valence-electron chi connectivity index (χ0n) is 17.1. The van der Waals surface area contributed by atoms with Crippen LogP contribution in [0, 0.1) is 0 Å². The van der Waals surface area contributed by atoms with Gasteiger partial charge in [-0.1, -0.05) is 18.2 Å². The molecule has 0 amide bonds. The van der Waals surface area contributed by atoms with Gasteiger partial charge in [0, 0.05) is 40.3 Å². The predicted octanol–water partition coefficient (Wildman–Crippen LogP) is 0.714. The predicted molar refractivity (Wildman–Crippen MR) is 112 cm³/mol. The van der Waals surface area contributed by atoms with E-state index in [4.69, 9.17) is 4.74 Å². The first-order chi connectivity index (χ1) is 13.4. The van der Waals surface area contributed by atoms with E-state index < -0.39 is 10.0 Å². The molecule has 158 valence electrons. The van der Waals surface area contributed by atoms with Crippen LogP contribution in [0.4, 0.5) is 0 Å². The van der Waals surface area contributed by atoms with E-state index in [0.717, 1.165) is 52.4 Å². The molecule has 0 saturated carbocycles. The number of benzene rings is 1. The third kappa shape index (κ3) is 6.73. The number of hydrogen-bond donors (Lipinski definition) is 2. The molecule has 1 aromatic rings. The molecule has 28 heavy (non-hydrogen) atoms. The molecule has 0 spiro atoms. The summed E-state index contributed by atoms with van der Waals surface area (Å²) in [7, 11) is -0.419. The highest BCUT2D eigenvalue weighted by atomic mass is 32.2. The van der Waals surface area contributed by atoms with E-state index >= 15 is 0 Å². The van der Waals surface area contributed by atoms with Gasteiger partial charge >= 0.3 is 0 Å². The van der Waals surface area contributed by atoms with Crippen LogP contribution in [-0.4, -0.2) is 83.6 Å². The zero-order chi connectivity index (χ0) is 20.4. The maximum Gasteiger partial charge on any atom is 0.242 e. The minimum Gasteiger partial charge on any atom is -0.379 e. The van der Waals surface area contributed by atoms with Crippen molar-refractivity contribution in [1.29, 1.82) is 0 Å². The molecule has 1 heterocycles. The van der Waals surface area contributed by atoms with Crippen molar-refractivity contribution < 1.29 is 13.2 Å². The lowest BCUT2D eigenvalue weighted by Gasteiger charge is -2.26. The number of sulfonamides is 1. The van der Waals surface area contributed by atoms with Gasteiger partial charge in [-0.15, -0.1) is 0 Å². The van der Waals surface area contributed by atoms with Crippen LogP contribution in [0.5, 0.6) is 0 Å². The summed E-state index contributed by atoms with van der Waals surface area (Å²) in [5.74, 6) is 0.696. The van der Waals surface area contributed by atoms with Gasteiger partial charge in [0.15, 0.2) is 5.96 Å². The molecule has 0 atom stereocenters. The van der Waals surface area contributed by atoms with Crippen molar-refractivity contribution in [2.24, 2.45) is 4.99 Å². The molecule has 0 radical (unpaired) electrons. The maximum absolute atomic E-state index is 12.5. The van der Waals surface area contributed by atoms with Crippen molar-refractivity contribution in [3.05, 3.63) is 29.8 Å². The summed E-state index contributed by atoms with van der Waals surface area (Å²) < 4.78 is 31.6. The van der Waals surface area contributed by atoms with Crippen LogP contribution in [0.1, 0.15) is 18.9 Å². The van der Waals surface area contributed by atoms with Crippen LogP contribution in [-0.2, 0) is 21.3 Å². The van der Waals surface area contributed by atoms with Crippen molar-refractivity contribution >= 4 is 16.0 Å². The number of guanidine groups is 1. The molecule has 1 aliphatic rings. The number of nitrogens with zero attached hydrogens (tertiary/aromatic N) is 3. The van der Waals surface area contributed by atoms with Crippen molar-refractivity contribution in [3.8, 4) is 0 Å². The summed E-state index contributed by atoms with van der Waals surface area (Å²) in [6.07, 6.45) is 1.01. The minimum atomic E-state index is -3.49. The topological polar surface area (TPSA) is 86.3 Å². The Labute approximate surface area is 169 Å². The Hall–Kier alpha value is -1.68. The first kappa shape index (κ1) is 22.6. The van der Waals surface area contributed by atoms with E-state index in [0.29, 0.717) is 23.0 Å². The van der Waals surface area contributed by atoms with Crippen molar-refractivity contribution in [3.63, 3.8) is 0 Å². The van der Waals surface area contributed by atoms with Gasteiger partial charge in [0.1, 0.15) is 0 Å². The third-order valence-corrected chi connectivity index (χ3v) is 6.45. The Bertz CT molecular complexity index is 731. The van der Waals surface area contributed by atoms with Crippen LogP contribution < -0.4 is 10.6 Å². The molecule has 9 heteroatoms. The second-order valence-corrected chi connectivity index (χ2v) is 8.94. The SMILES string of the molecule is CCNC(=NCc1ccccc1S(=O)(=O)N(C)C)NCCCN1CCOCC1. The standard InChI is InChI=1S/C19H33N5O3S/c1-4-20-19(21-10-7-11-24-12-14-27-15-13-24)22-16-17-8-5-6-9-18(17)28(25,26)23(2)3/h5-6,8-9H,4,7,10-16H2,1-3H3,(H2,20,21,22). The average molecular weight is 412 g/mol. The lowest BCUT2D eigenvalue weighted by Crippen LogP contribution is -2.40. The Morgan fingerprint density at radius 1 is 1.21 bits per heavy atom. The molecule has 8 nitrogen and oxygen atoms in total. The van der Waals surface area contributed by atoms with Gasteiger partial charge < -0.3 is 15.4 Å². The van der Waals surface area contributed by atoms with Gasteiger partial charge in [-0.25, -0.2) is 17.7 Å². The summed E-state index contributed by atoms with van der Waals surface area (Å²) in [5, 5.41) is 6.55. The lowest BCUT2D eigenvalue weighted by atomic mass is 10.2.